The Bertz CT molecular complexity index is 704. The molecule has 0 saturated carbocycles. The van der Waals surface area contributed by atoms with E-state index in [2.05, 4.69) is 63.5 Å². The number of pyridine rings is 1. The lowest BCUT2D eigenvalue weighted by Crippen LogP contribution is -2.10. The fourth-order valence-corrected chi connectivity index (χ4v) is 4.02. The van der Waals surface area contributed by atoms with Crippen molar-refractivity contribution in [2.75, 3.05) is 0 Å². The van der Waals surface area contributed by atoms with E-state index in [0.29, 0.717) is 17.8 Å². The highest BCUT2D eigenvalue weighted by atomic mass is 14.6. The van der Waals surface area contributed by atoms with Crippen LogP contribution in [-0.2, 0) is 0 Å². The molecule has 0 aliphatic rings. The van der Waals surface area contributed by atoms with Gasteiger partial charge in [0.1, 0.15) is 0 Å². The number of aryl methyl sites for hydroxylation is 1. The van der Waals surface area contributed by atoms with E-state index in [1.165, 1.54) is 35.8 Å². The van der Waals surface area contributed by atoms with Crippen molar-refractivity contribution in [3.05, 3.63) is 53.9 Å². The third-order valence-corrected chi connectivity index (χ3v) is 5.39. The van der Waals surface area contributed by atoms with Gasteiger partial charge in [0.15, 0.2) is 0 Å². The highest BCUT2D eigenvalue weighted by Gasteiger charge is 2.18. The monoisotopic (exact) mass is 338 g/mol. The van der Waals surface area contributed by atoms with Gasteiger partial charge in [-0.05, 0) is 74.0 Å². The van der Waals surface area contributed by atoms with Crippen molar-refractivity contribution in [3.8, 4) is 0 Å². The zero-order valence-corrected chi connectivity index (χ0v) is 16.4. The highest BCUT2D eigenvalue weighted by molar-refractivity contribution is 5.85. The highest BCUT2D eigenvalue weighted by Crippen LogP contribution is 2.35. The molecule has 2 heteroatoms. The summed E-state index contributed by atoms with van der Waals surface area (Å²) >= 11 is 0. The number of benzene rings is 1. The Morgan fingerprint density at radius 1 is 1.16 bits per heavy atom. The number of nitrogens with zero attached hydrogens (tertiary/aromatic N) is 1. The first kappa shape index (κ1) is 19.5. The Morgan fingerprint density at radius 2 is 1.92 bits per heavy atom. The Labute approximate surface area is 153 Å². The van der Waals surface area contributed by atoms with E-state index in [4.69, 9.17) is 5.73 Å². The van der Waals surface area contributed by atoms with Gasteiger partial charge in [0.05, 0.1) is 5.52 Å². The van der Waals surface area contributed by atoms with Crippen LogP contribution in [0.1, 0.15) is 69.9 Å². The molecule has 2 nitrogen and oxygen atoms in total. The van der Waals surface area contributed by atoms with Crippen molar-refractivity contribution < 1.29 is 0 Å². The number of aromatic nitrogens is 1. The van der Waals surface area contributed by atoms with Crippen LogP contribution in [0.3, 0.4) is 0 Å². The SMILES string of the molecule is C=C(N)CCC(C)CC(C)CC(CC)c1ccc(C)c2ncccc12. The second-order valence-corrected chi connectivity index (χ2v) is 7.86. The fraction of sp³-hybridized carbons (Fsp3) is 0.522. The normalized spacial score (nSPS) is 15.0. The third kappa shape index (κ3) is 5.32. The van der Waals surface area contributed by atoms with Crippen LogP contribution in [-0.4, -0.2) is 4.98 Å². The molecule has 2 rings (SSSR count). The maximum Gasteiger partial charge on any atom is 0.0733 e. The van der Waals surface area contributed by atoms with Crippen LogP contribution in [0.5, 0.6) is 0 Å². The number of nitrogens with two attached hydrogens (primary N) is 1. The van der Waals surface area contributed by atoms with Crippen molar-refractivity contribution in [1.29, 1.82) is 0 Å². The van der Waals surface area contributed by atoms with E-state index >= 15 is 0 Å². The standard InChI is InChI=1S/C23H34N2/c1-6-20(15-17(3)14-16(2)9-11-19(5)24)21-12-10-18(4)23-22(21)8-7-13-25-23/h7-8,10,12-13,16-17,20H,5-6,9,11,14-15,24H2,1-4H3. The summed E-state index contributed by atoms with van der Waals surface area (Å²) in [5, 5.41) is 1.33. The van der Waals surface area contributed by atoms with Crippen molar-refractivity contribution in [3.63, 3.8) is 0 Å². The predicted molar refractivity (Wildman–Crippen MR) is 110 cm³/mol. The minimum Gasteiger partial charge on any atom is -0.403 e. The van der Waals surface area contributed by atoms with Crippen LogP contribution < -0.4 is 5.73 Å². The molecule has 0 aliphatic heterocycles. The first-order valence-electron chi connectivity index (χ1n) is 9.69. The molecular formula is C23H34N2. The number of rotatable bonds is 9. The molecule has 2 N–H and O–H groups in total. The summed E-state index contributed by atoms with van der Waals surface area (Å²) in [6.07, 6.45) is 7.65. The number of fused-ring (bicyclic) bond motifs is 1. The quantitative estimate of drug-likeness (QED) is 0.579. The van der Waals surface area contributed by atoms with Gasteiger partial charge < -0.3 is 5.73 Å². The lowest BCUT2D eigenvalue weighted by atomic mass is 9.81. The molecule has 1 aromatic carbocycles. The van der Waals surface area contributed by atoms with E-state index in [1.54, 1.807) is 0 Å². The van der Waals surface area contributed by atoms with Crippen LogP contribution in [0.4, 0.5) is 0 Å². The molecule has 0 aliphatic carbocycles. The largest absolute Gasteiger partial charge is 0.403 e. The topological polar surface area (TPSA) is 38.9 Å². The number of hydrogen-bond acceptors (Lipinski definition) is 2. The summed E-state index contributed by atoms with van der Waals surface area (Å²) < 4.78 is 0. The molecule has 0 bridgehead atoms. The van der Waals surface area contributed by atoms with Crippen LogP contribution >= 0.6 is 0 Å². The first-order valence-corrected chi connectivity index (χ1v) is 9.69. The van der Waals surface area contributed by atoms with E-state index in [0.717, 1.165) is 24.1 Å². The molecule has 3 atom stereocenters. The molecule has 0 spiro atoms. The summed E-state index contributed by atoms with van der Waals surface area (Å²) in [6.45, 7) is 13.0. The average Bonchev–Trinajstić information content (AvgIpc) is 2.59. The average molecular weight is 339 g/mol. The summed E-state index contributed by atoms with van der Waals surface area (Å²) in [4.78, 5) is 4.61. The van der Waals surface area contributed by atoms with Gasteiger partial charge in [-0.15, -0.1) is 0 Å². The Morgan fingerprint density at radius 3 is 2.60 bits per heavy atom. The Balaban J connectivity index is 2.10. The van der Waals surface area contributed by atoms with Gasteiger partial charge in [0.2, 0.25) is 0 Å². The van der Waals surface area contributed by atoms with Gasteiger partial charge in [-0.2, -0.15) is 0 Å². The zero-order chi connectivity index (χ0) is 18.4. The molecule has 3 unspecified atom stereocenters. The molecule has 2 aromatic rings. The van der Waals surface area contributed by atoms with E-state index in [-0.39, 0.29) is 0 Å². The van der Waals surface area contributed by atoms with E-state index in [9.17, 15) is 0 Å². The minimum absolute atomic E-state index is 0.596. The molecule has 25 heavy (non-hydrogen) atoms. The summed E-state index contributed by atoms with van der Waals surface area (Å²) in [5.41, 5.74) is 10.4. The summed E-state index contributed by atoms with van der Waals surface area (Å²) in [6, 6.07) is 8.84. The molecule has 136 valence electrons. The van der Waals surface area contributed by atoms with Gasteiger partial charge >= 0.3 is 0 Å². The van der Waals surface area contributed by atoms with Crippen LogP contribution in [0, 0.1) is 18.8 Å². The smallest absolute Gasteiger partial charge is 0.0733 e. The van der Waals surface area contributed by atoms with Crippen molar-refractivity contribution in [2.24, 2.45) is 17.6 Å². The molecule has 0 saturated heterocycles. The van der Waals surface area contributed by atoms with Gasteiger partial charge in [-0.3, -0.25) is 4.98 Å². The third-order valence-electron chi connectivity index (χ3n) is 5.39. The summed E-state index contributed by atoms with van der Waals surface area (Å²) in [5.74, 6) is 2.00. The molecule has 1 heterocycles. The minimum atomic E-state index is 0.596. The van der Waals surface area contributed by atoms with Gasteiger partial charge in [0.25, 0.3) is 0 Å². The van der Waals surface area contributed by atoms with Gasteiger partial charge in [0, 0.05) is 17.3 Å². The van der Waals surface area contributed by atoms with Gasteiger partial charge in [-0.25, -0.2) is 0 Å². The lowest BCUT2D eigenvalue weighted by Gasteiger charge is -2.24. The molecule has 1 aromatic heterocycles. The van der Waals surface area contributed by atoms with Crippen molar-refractivity contribution in [2.45, 2.75) is 65.7 Å². The molecular weight excluding hydrogens is 304 g/mol. The Kier molecular flexibility index (Phi) is 7.04. The summed E-state index contributed by atoms with van der Waals surface area (Å²) in [7, 11) is 0. The first-order chi connectivity index (χ1) is 11.9. The molecule has 0 fully saturated rings. The molecule has 0 amide bonds. The number of allylic oxidation sites excluding steroid dienone is 1. The predicted octanol–water partition coefficient (Wildman–Crippen LogP) is 6.34. The van der Waals surface area contributed by atoms with E-state index < -0.39 is 0 Å². The van der Waals surface area contributed by atoms with E-state index in [1.807, 2.05) is 6.20 Å². The maximum absolute atomic E-state index is 5.71. The van der Waals surface area contributed by atoms with Gasteiger partial charge in [-0.1, -0.05) is 45.5 Å². The maximum atomic E-state index is 5.71. The second-order valence-electron chi connectivity index (χ2n) is 7.86. The fourth-order valence-electron chi connectivity index (χ4n) is 4.02. The van der Waals surface area contributed by atoms with Crippen LogP contribution in [0.2, 0.25) is 0 Å². The molecule has 0 radical (unpaired) electrons. The van der Waals surface area contributed by atoms with Crippen molar-refractivity contribution in [1.82, 2.24) is 4.98 Å². The zero-order valence-electron chi connectivity index (χ0n) is 16.4. The van der Waals surface area contributed by atoms with Crippen LogP contribution in [0.15, 0.2) is 42.7 Å². The van der Waals surface area contributed by atoms with Crippen LogP contribution in [0.25, 0.3) is 10.9 Å². The lowest BCUT2D eigenvalue weighted by molar-refractivity contribution is 0.353. The number of hydrogen-bond donors (Lipinski definition) is 1. The van der Waals surface area contributed by atoms with Crippen molar-refractivity contribution >= 4 is 10.9 Å². The second kappa shape index (κ2) is 9.03. The Hall–Kier alpha value is -1.83.